The topological polar surface area (TPSA) is 64.9 Å². The van der Waals surface area contributed by atoms with Crippen LogP contribution in [0, 0.1) is 0 Å². The summed E-state index contributed by atoms with van der Waals surface area (Å²) < 4.78 is 5.68. The number of benzene rings is 2. The van der Waals surface area contributed by atoms with E-state index in [-0.39, 0.29) is 0 Å². The minimum atomic E-state index is 0.516. The maximum absolute atomic E-state index is 5.68. The molecule has 4 nitrogen and oxygen atoms in total. The van der Waals surface area contributed by atoms with Crippen LogP contribution < -0.4 is 5.73 Å². The lowest BCUT2D eigenvalue weighted by Crippen LogP contribution is -1.95. The van der Waals surface area contributed by atoms with E-state index in [1.807, 2.05) is 54.6 Å². The minimum absolute atomic E-state index is 0.516. The molecular weight excluding hydrogens is 238 g/mol. The number of nitrogens with two attached hydrogens (primary N) is 1. The van der Waals surface area contributed by atoms with Crippen molar-refractivity contribution in [3.8, 4) is 22.9 Å². The molecule has 0 aliphatic heterocycles. The summed E-state index contributed by atoms with van der Waals surface area (Å²) in [6.07, 6.45) is 0. The summed E-state index contributed by atoms with van der Waals surface area (Å²) in [6.45, 7) is 0.527. The van der Waals surface area contributed by atoms with Gasteiger partial charge in [-0.05, 0) is 29.8 Å². The van der Waals surface area contributed by atoms with Gasteiger partial charge in [0.15, 0.2) is 0 Å². The first-order valence-corrected chi connectivity index (χ1v) is 6.05. The average Bonchev–Trinajstić information content (AvgIpc) is 2.98. The van der Waals surface area contributed by atoms with Crippen LogP contribution in [0.4, 0.5) is 0 Å². The zero-order valence-electron chi connectivity index (χ0n) is 10.3. The molecule has 0 fully saturated rings. The fraction of sp³-hybridized carbons (Fsp3) is 0.0667. The Morgan fingerprint density at radius 3 is 1.95 bits per heavy atom. The van der Waals surface area contributed by atoms with E-state index < -0.39 is 0 Å². The Hall–Kier alpha value is -2.46. The molecule has 2 aromatic carbocycles. The first-order chi connectivity index (χ1) is 9.36. The summed E-state index contributed by atoms with van der Waals surface area (Å²) in [7, 11) is 0. The van der Waals surface area contributed by atoms with Crippen LogP contribution in [0.3, 0.4) is 0 Å². The van der Waals surface area contributed by atoms with Gasteiger partial charge in [-0.1, -0.05) is 30.3 Å². The van der Waals surface area contributed by atoms with Crippen LogP contribution in [0.25, 0.3) is 22.9 Å². The zero-order chi connectivity index (χ0) is 13.1. The first-order valence-electron chi connectivity index (χ1n) is 6.05. The standard InChI is InChI=1S/C15H13N3O/c16-10-11-6-8-13(9-7-11)15-18-17-14(19-15)12-4-2-1-3-5-12/h1-9H,10,16H2. The van der Waals surface area contributed by atoms with E-state index in [1.165, 1.54) is 0 Å². The van der Waals surface area contributed by atoms with Gasteiger partial charge in [-0.15, -0.1) is 10.2 Å². The molecule has 0 saturated heterocycles. The quantitative estimate of drug-likeness (QED) is 0.777. The smallest absolute Gasteiger partial charge is 0.248 e. The molecule has 1 aromatic heterocycles. The van der Waals surface area contributed by atoms with E-state index in [2.05, 4.69) is 10.2 Å². The fourth-order valence-corrected chi connectivity index (χ4v) is 1.82. The largest absolute Gasteiger partial charge is 0.416 e. The summed E-state index contributed by atoms with van der Waals surface area (Å²) in [5, 5.41) is 8.13. The van der Waals surface area contributed by atoms with Gasteiger partial charge in [0.25, 0.3) is 0 Å². The molecule has 3 aromatic rings. The highest BCUT2D eigenvalue weighted by Gasteiger charge is 2.09. The number of hydrogen-bond acceptors (Lipinski definition) is 4. The van der Waals surface area contributed by atoms with Gasteiger partial charge in [-0.3, -0.25) is 0 Å². The molecule has 0 amide bonds. The molecule has 4 heteroatoms. The molecule has 0 bridgehead atoms. The Balaban J connectivity index is 1.92. The van der Waals surface area contributed by atoms with E-state index >= 15 is 0 Å². The van der Waals surface area contributed by atoms with E-state index in [1.54, 1.807) is 0 Å². The summed E-state index contributed by atoms with van der Waals surface area (Å²) in [4.78, 5) is 0. The molecule has 0 atom stereocenters. The van der Waals surface area contributed by atoms with E-state index in [0.29, 0.717) is 18.3 Å². The van der Waals surface area contributed by atoms with Crippen molar-refractivity contribution in [2.24, 2.45) is 5.73 Å². The van der Waals surface area contributed by atoms with Gasteiger partial charge in [0.1, 0.15) is 0 Å². The molecule has 1 heterocycles. The van der Waals surface area contributed by atoms with Gasteiger partial charge in [-0.25, -0.2) is 0 Å². The van der Waals surface area contributed by atoms with Crippen LogP contribution >= 0.6 is 0 Å². The number of nitrogens with zero attached hydrogens (tertiary/aromatic N) is 2. The van der Waals surface area contributed by atoms with Crippen LogP contribution in [0.5, 0.6) is 0 Å². The van der Waals surface area contributed by atoms with Crippen LogP contribution in [0.2, 0.25) is 0 Å². The van der Waals surface area contributed by atoms with Crippen LogP contribution in [-0.4, -0.2) is 10.2 Å². The molecule has 0 unspecified atom stereocenters. The molecular formula is C15H13N3O. The normalized spacial score (nSPS) is 10.6. The number of aromatic nitrogens is 2. The van der Waals surface area contributed by atoms with Crippen molar-refractivity contribution < 1.29 is 4.42 Å². The van der Waals surface area contributed by atoms with Crippen LogP contribution in [0.15, 0.2) is 59.0 Å². The molecule has 0 aliphatic carbocycles. The number of hydrogen-bond donors (Lipinski definition) is 1. The Kier molecular flexibility index (Phi) is 3.08. The minimum Gasteiger partial charge on any atom is -0.416 e. The Bertz CT molecular complexity index is 659. The molecule has 19 heavy (non-hydrogen) atoms. The van der Waals surface area contributed by atoms with E-state index in [0.717, 1.165) is 16.7 Å². The van der Waals surface area contributed by atoms with Crippen molar-refractivity contribution >= 4 is 0 Å². The third-order valence-electron chi connectivity index (χ3n) is 2.88. The van der Waals surface area contributed by atoms with Gasteiger partial charge in [-0.2, -0.15) is 0 Å². The molecule has 0 spiro atoms. The molecule has 2 N–H and O–H groups in total. The lowest BCUT2D eigenvalue weighted by molar-refractivity contribution is 0.584. The van der Waals surface area contributed by atoms with Gasteiger partial charge >= 0.3 is 0 Å². The zero-order valence-corrected chi connectivity index (χ0v) is 10.3. The number of rotatable bonds is 3. The predicted molar refractivity (Wildman–Crippen MR) is 73.1 cm³/mol. The van der Waals surface area contributed by atoms with Crippen molar-refractivity contribution in [2.75, 3.05) is 0 Å². The third-order valence-corrected chi connectivity index (χ3v) is 2.88. The van der Waals surface area contributed by atoms with Crippen LogP contribution in [0.1, 0.15) is 5.56 Å². The summed E-state index contributed by atoms with van der Waals surface area (Å²) in [5.74, 6) is 1.04. The van der Waals surface area contributed by atoms with Gasteiger partial charge in [0.2, 0.25) is 11.8 Å². The van der Waals surface area contributed by atoms with E-state index in [9.17, 15) is 0 Å². The van der Waals surface area contributed by atoms with Gasteiger partial charge < -0.3 is 10.2 Å². The Labute approximate surface area is 110 Å². The lowest BCUT2D eigenvalue weighted by Gasteiger charge is -1.97. The molecule has 0 saturated carbocycles. The van der Waals surface area contributed by atoms with Crippen molar-refractivity contribution in [3.63, 3.8) is 0 Å². The first kappa shape index (κ1) is 11.6. The summed E-state index contributed by atoms with van der Waals surface area (Å²) >= 11 is 0. The Morgan fingerprint density at radius 1 is 0.789 bits per heavy atom. The van der Waals surface area contributed by atoms with Crippen molar-refractivity contribution in [2.45, 2.75) is 6.54 Å². The molecule has 3 rings (SSSR count). The Morgan fingerprint density at radius 2 is 1.37 bits per heavy atom. The highest BCUT2D eigenvalue weighted by Crippen LogP contribution is 2.23. The van der Waals surface area contributed by atoms with Crippen molar-refractivity contribution in [1.82, 2.24) is 10.2 Å². The summed E-state index contributed by atoms with van der Waals surface area (Å²) in [5.41, 5.74) is 8.45. The second kappa shape index (κ2) is 5.04. The maximum Gasteiger partial charge on any atom is 0.248 e. The van der Waals surface area contributed by atoms with Gasteiger partial charge in [0.05, 0.1) is 0 Å². The third kappa shape index (κ3) is 2.39. The average molecular weight is 251 g/mol. The predicted octanol–water partition coefficient (Wildman–Crippen LogP) is 2.86. The highest BCUT2D eigenvalue weighted by atomic mass is 16.4. The lowest BCUT2D eigenvalue weighted by atomic mass is 10.1. The molecule has 0 aliphatic rings. The molecule has 94 valence electrons. The maximum atomic E-state index is 5.68. The van der Waals surface area contributed by atoms with E-state index in [4.69, 9.17) is 10.2 Å². The van der Waals surface area contributed by atoms with Crippen molar-refractivity contribution in [1.29, 1.82) is 0 Å². The monoisotopic (exact) mass is 251 g/mol. The molecule has 0 radical (unpaired) electrons. The van der Waals surface area contributed by atoms with Gasteiger partial charge in [0, 0.05) is 17.7 Å². The highest BCUT2D eigenvalue weighted by molar-refractivity contribution is 5.57. The SMILES string of the molecule is NCc1ccc(-c2nnc(-c3ccccc3)o2)cc1. The summed E-state index contributed by atoms with van der Waals surface area (Å²) in [6, 6.07) is 17.5. The fourth-order valence-electron chi connectivity index (χ4n) is 1.82. The van der Waals surface area contributed by atoms with Crippen molar-refractivity contribution in [3.05, 3.63) is 60.2 Å². The van der Waals surface area contributed by atoms with Crippen LogP contribution in [-0.2, 0) is 6.54 Å². The second-order valence-electron chi connectivity index (χ2n) is 4.18. The second-order valence-corrected chi connectivity index (χ2v) is 4.18.